The van der Waals surface area contributed by atoms with Crippen molar-refractivity contribution in [2.75, 3.05) is 6.61 Å². The molecule has 110 valence electrons. The van der Waals surface area contributed by atoms with Gasteiger partial charge in [-0.05, 0) is 64.0 Å². The van der Waals surface area contributed by atoms with Crippen molar-refractivity contribution in [2.45, 2.75) is 24.6 Å². The van der Waals surface area contributed by atoms with Gasteiger partial charge in [-0.2, -0.15) is 0 Å². The largest absolute Gasteiger partial charge is 0.492 e. The van der Waals surface area contributed by atoms with Crippen molar-refractivity contribution in [3.05, 3.63) is 61.1 Å². The molecule has 1 unspecified atom stereocenters. The molecular weight excluding hydrogens is 462 g/mol. The minimum absolute atomic E-state index is 0.0480. The zero-order chi connectivity index (χ0) is 15.2. The summed E-state index contributed by atoms with van der Waals surface area (Å²) in [7, 11) is 0. The van der Waals surface area contributed by atoms with E-state index < -0.39 is 0 Å². The van der Waals surface area contributed by atoms with Gasteiger partial charge in [-0.3, -0.25) is 0 Å². The van der Waals surface area contributed by atoms with E-state index in [-0.39, 0.29) is 10.8 Å². The standard InChI is InChI=1S/C17H15BrClIO/c1-17(2)9-21-15-6-3-10(7-13(15)17)16(19)12-8-11(18)4-5-14(12)20/h3-8,16H,9H2,1-2H3. The first kappa shape index (κ1) is 15.6. The highest BCUT2D eigenvalue weighted by atomic mass is 127. The average Bonchev–Trinajstić information content (AvgIpc) is 2.76. The van der Waals surface area contributed by atoms with Gasteiger partial charge in [0.2, 0.25) is 0 Å². The van der Waals surface area contributed by atoms with Crippen LogP contribution in [0.15, 0.2) is 40.9 Å². The van der Waals surface area contributed by atoms with E-state index in [4.69, 9.17) is 16.3 Å². The van der Waals surface area contributed by atoms with Crippen LogP contribution >= 0.6 is 50.1 Å². The van der Waals surface area contributed by atoms with Crippen molar-refractivity contribution >= 4 is 50.1 Å². The van der Waals surface area contributed by atoms with Crippen molar-refractivity contribution in [2.24, 2.45) is 0 Å². The minimum Gasteiger partial charge on any atom is -0.492 e. The highest BCUT2D eigenvalue weighted by Gasteiger charge is 2.32. The molecule has 21 heavy (non-hydrogen) atoms. The lowest BCUT2D eigenvalue weighted by atomic mass is 9.85. The van der Waals surface area contributed by atoms with E-state index in [1.54, 1.807) is 0 Å². The Bertz CT molecular complexity index is 699. The zero-order valence-electron chi connectivity index (χ0n) is 11.8. The first-order chi connectivity index (χ1) is 9.88. The summed E-state index contributed by atoms with van der Waals surface area (Å²) in [5, 5.41) is -0.156. The van der Waals surface area contributed by atoms with Crippen LogP contribution in [0.25, 0.3) is 0 Å². The highest BCUT2D eigenvalue weighted by Crippen LogP contribution is 2.42. The zero-order valence-corrected chi connectivity index (χ0v) is 16.3. The van der Waals surface area contributed by atoms with Crippen LogP contribution < -0.4 is 4.74 Å². The van der Waals surface area contributed by atoms with E-state index in [9.17, 15) is 0 Å². The Morgan fingerprint density at radius 2 is 2.00 bits per heavy atom. The minimum atomic E-state index is -0.156. The van der Waals surface area contributed by atoms with E-state index >= 15 is 0 Å². The second-order valence-corrected chi connectivity index (χ2v) is 8.47. The molecule has 0 saturated heterocycles. The van der Waals surface area contributed by atoms with Gasteiger partial charge >= 0.3 is 0 Å². The Hall–Kier alpha value is -0.260. The first-order valence-corrected chi connectivity index (χ1v) is 9.05. The molecule has 0 amide bonds. The maximum absolute atomic E-state index is 6.74. The number of ether oxygens (including phenoxy) is 1. The Morgan fingerprint density at radius 3 is 2.76 bits per heavy atom. The number of benzene rings is 2. The van der Waals surface area contributed by atoms with E-state index in [0.717, 1.165) is 28.0 Å². The number of hydrogen-bond acceptors (Lipinski definition) is 1. The second kappa shape index (κ2) is 5.74. The van der Waals surface area contributed by atoms with Gasteiger partial charge in [0, 0.05) is 19.0 Å². The van der Waals surface area contributed by atoms with Crippen LogP contribution in [0.4, 0.5) is 0 Å². The molecule has 1 aliphatic rings. The maximum atomic E-state index is 6.74. The van der Waals surface area contributed by atoms with Gasteiger partial charge in [0.25, 0.3) is 0 Å². The molecular formula is C17H15BrClIO. The van der Waals surface area contributed by atoms with Crippen molar-refractivity contribution in [3.8, 4) is 5.75 Å². The van der Waals surface area contributed by atoms with Crippen molar-refractivity contribution in [3.63, 3.8) is 0 Å². The fourth-order valence-electron chi connectivity index (χ4n) is 2.58. The van der Waals surface area contributed by atoms with Gasteiger partial charge in [-0.15, -0.1) is 11.6 Å². The van der Waals surface area contributed by atoms with Crippen LogP contribution in [0.2, 0.25) is 0 Å². The lowest BCUT2D eigenvalue weighted by molar-refractivity contribution is 0.291. The molecule has 0 bridgehead atoms. The number of halogens is 3. The van der Waals surface area contributed by atoms with Gasteiger partial charge in [-0.1, -0.05) is 35.8 Å². The summed E-state index contributed by atoms with van der Waals surface area (Å²) in [5.41, 5.74) is 3.54. The number of fused-ring (bicyclic) bond motifs is 1. The molecule has 1 aliphatic heterocycles. The fourth-order valence-corrected chi connectivity index (χ4v) is 4.11. The van der Waals surface area contributed by atoms with Crippen LogP contribution in [0, 0.1) is 3.57 Å². The molecule has 2 aromatic rings. The van der Waals surface area contributed by atoms with E-state index in [1.165, 1.54) is 9.13 Å². The van der Waals surface area contributed by atoms with Crippen LogP contribution in [0.3, 0.4) is 0 Å². The Morgan fingerprint density at radius 1 is 1.24 bits per heavy atom. The monoisotopic (exact) mass is 476 g/mol. The smallest absolute Gasteiger partial charge is 0.123 e. The molecule has 2 aromatic carbocycles. The molecule has 0 aromatic heterocycles. The predicted molar refractivity (Wildman–Crippen MR) is 99.5 cm³/mol. The van der Waals surface area contributed by atoms with Gasteiger partial charge in [-0.25, -0.2) is 0 Å². The molecule has 0 radical (unpaired) electrons. The van der Waals surface area contributed by atoms with Gasteiger partial charge in [0.15, 0.2) is 0 Å². The van der Waals surface area contributed by atoms with Crippen LogP contribution in [0.1, 0.15) is 35.9 Å². The van der Waals surface area contributed by atoms with E-state index in [0.29, 0.717) is 0 Å². The van der Waals surface area contributed by atoms with Crippen LogP contribution in [-0.2, 0) is 5.41 Å². The molecule has 0 spiro atoms. The lowest BCUT2D eigenvalue weighted by Gasteiger charge is -2.18. The molecule has 1 heterocycles. The summed E-state index contributed by atoms with van der Waals surface area (Å²) in [5.74, 6) is 0.983. The third kappa shape index (κ3) is 2.97. The molecule has 0 saturated carbocycles. The fraction of sp³-hybridized carbons (Fsp3) is 0.294. The Labute approximate surface area is 152 Å². The SMILES string of the molecule is CC1(C)COc2ccc(C(Cl)c3cc(Br)ccc3I)cc21. The van der Waals surface area contributed by atoms with Crippen molar-refractivity contribution in [1.82, 2.24) is 0 Å². The molecule has 3 rings (SSSR count). The molecule has 0 fully saturated rings. The summed E-state index contributed by atoms with van der Waals surface area (Å²) < 4.78 is 7.97. The third-order valence-corrected chi connectivity index (χ3v) is 5.81. The summed E-state index contributed by atoms with van der Waals surface area (Å²) in [6.45, 7) is 5.14. The molecule has 0 aliphatic carbocycles. The van der Waals surface area contributed by atoms with Crippen LogP contribution in [0.5, 0.6) is 5.75 Å². The number of rotatable bonds is 2. The van der Waals surface area contributed by atoms with E-state index in [2.05, 4.69) is 76.6 Å². The van der Waals surface area contributed by atoms with E-state index in [1.807, 2.05) is 12.1 Å². The highest BCUT2D eigenvalue weighted by molar-refractivity contribution is 14.1. The lowest BCUT2D eigenvalue weighted by Crippen LogP contribution is -2.18. The van der Waals surface area contributed by atoms with Gasteiger partial charge < -0.3 is 4.74 Å². The number of alkyl halides is 1. The number of hydrogen-bond donors (Lipinski definition) is 0. The van der Waals surface area contributed by atoms with Crippen LogP contribution in [-0.4, -0.2) is 6.61 Å². The quantitative estimate of drug-likeness (QED) is 0.378. The van der Waals surface area contributed by atoms with Crippen molar-refractivity contribution in [1.29, 1.82) is 0 Å². The summed E-state index contributed by atoms with van der Waals surface area (Å²) in [6, 6.07) is 12.5. The normalized spacial score (nSPS) is 17.2. The van der Waals surface area contributed by atoms with Gasteiger partial charge in [0.05, 0.1) is 12.0 Å². The van der Waals surface area contributed by atoms with Crippen molar-refractivity contribution < 1.29 is 4.74 Å². The molecule has 0 N–H and O–H groups in total. The van der Waals surface area contributed by atoms with Gasteiger partial charge in [0.1, 0.15) is 5.75 Å². The molecule has 4 heteroatoms. The summed E-state index contributed by atoms with van der Waals surface area (Å²) >= 11 is 12.6. The average molecular weight is 478 g/mol. The molecule has 1 atom stereocenters. The Balaban J connectivity index is 2.03. The Kier molecular flexibility index (Phi) is 4.27. The first-order valence-electron chi connectivity index (χ1n) is 6.75. The molecule has 1 nitrogen and oxygen atoms in total. The summed E-state index contributed by atoms with van der Waals surface area (Å²) in [4.78, 5) is 0. The topological polar surface area (TPSA) is 9.23 Å². The third-order valence-electron chi connectivity index (χ3n) is 3.85. The predicted octanol–water partition coefficient (Wildman–Crippen LogP) is 6.05. The second-order valence-electron chi connectivity index (χ2n) is 5.96. The maximum Gasteiger partial charge on any atom is 0.123 e. The summed E-state index contributed by atoms with van der Waals surface area (Å²) in [6.07, 6.45) is 0.